The maximum Gasteiger partial charge on any atom is 0.312 e. The summed E-state index contributed by atoms with van der Waals surface area (Å²) in [7, 11) is 0. The van der Waals surface area contributed by atoms with Gasteiger partial charge in [-0.15, -0.1) is 0 Å². The second kappa shape index (κ2) is 6.17. The second-order valence-corrected chi connectivity index (χ2v) is 5.52. The molecule has 108 valence electrons. The molecule has 1 aromatic heterocycles. The van der Waals surface area contributed by atoms with E-state index < -0.39 is 4.92 Å². The van der Waals surface area contributed by atoms with Crippen molar-refractivity contribution in [2.75, 3.05) is 18.4 Å². The maximum atomic E-state index is 11.6. The summed E-state index contributed by atoms with van der Waals surface area (Å²) in [4.78, 5) is 28.0. The summed E-state index contributed by atoms with van der Waals surface area (Å²) in [5, 5.41) is 14.1. The van der Waals surface area contributed by atoms with Gasteiger partial charge in [-0.2, -0.15) is 0 Å². The van der Waals surface area contributed by atoms with E-state index in [0.29, 0.717) is 24.0 Å². The molecule has 2 rings (SSSR count). The normalized spacial score (nSPS) is 18.1. The largest absolute Gasteiger partial charge is 0.360 e. The molecule has 1 aliphatic rings. The van der Waals surface area contributed by atoms with Crippen LogP contribution < -0.4 is 5.32 Å². The minimum atomic E-state index is -0.468. The van der Waals surface area contributed by atoms with Crippen molar-refractivity contribution < 1.29 is 9.72 Å². The van der Waals surface area contributed by atoms with E-state index in [2.05, 4.69) is 26.2 Å². The molecule has 0 radical (unpaired) electrons. The molecule has 1 saturated heterocycles. The van der Waals surface area contributed by atoms with Gasteiger partial charge in [-0.1, -0.05) is 6.92 Å². The number of amides is 1. The first kappa shape index (κ1) is 14.7. The molecule has 0 aliphatic carbocycles. The Kier molecular flexibility index (Phi) is 4.53. The summed E-state index contributed by atoms with van der Waals surface area (Å²) in [6, 6.07) is 1.41. The first-order chi connectivity index (χ1) is 9.51. The van der Waals surface area contributed by atoms with Gasteiger partial charge in [-0.25, -0.2) is 4.98 Å². The van der Waals surface area contributed by atoms with Crippen LogP contribution in [-0.2, 0) is 4.79 Å². The van der Waals surface area contributed by atoms with Crippen molar-refractivity contribution in [3.63, 3.8) is 0 Å². The third kappa shape index (κ3) is 3.24. The number of carbonyl (C=O) groups is 1. The van der Waals surface area contributed by atoms with Gasteiger partial charge in [0.25, 0.3) is 0 Å². The average Bonchev–Trinajstić information content (AvgIpc) is 2.88. The highest BCUT2D eigenvalue weighted by Crippen LogP contribution is 2.27. The predicted molar refractivity (Wildman–Crippen MR) is 77.5 cm³/mol. The van der Waals surface area contributed by atoms with Gasteiger partial charge in [0, 0.05) is 42.3 Å². The number of nitro groups is 1. The van der Waals surface area contributed by atoms with Crippen molar-refractivity contribution in [2.45, 2.75) is 25.8 Å². The SMILES string of the molecule is CCC(=O)N1CCC(Nc2ncc(Br)cc2[N+](=O)[O-])C1. The van der Waals surface area contributed by atoms with Gasteiger partial charge in [-0.3, -0.25) is 14.9 Å². The molecule has 8 heteroatoms. The molecule has 0 bridgehead atoms. The molecule has 0 saturated carbocycles. The van der Waals surface area contributed by atoms with Crippen LogP contribution in [0, 0.1) is 10.1 Å². The first-order valence-corrected chi connectivity index (χ1v) is 7.14. The lowest BCUT2D eigenvalue weighted by Gasteiger charge is -2.16. The molecular formula is C12H15BrN4O3. The summed E-state index contributed by atoms with van der Waals surface area (Å²) >= 11 is 3.17. The van der Waals surface area contributed by atoms with Gasteiger partial charge >= 0.3 is 5.69 Å². The number of aromatic nitrogens is 1. The van der Waals surface area contributed by atoms with Crippen LogP contribution in [0.1, 0.15) is 19.8 Å². The second-order valence-electron chi connectivity index (χ2n) is 4.60. The van der Waals surface area contributed by atoms with Crippen LogP contribution in [-0.4, -0.2) is 39.8 Å². The van der Waals surface area contributed by atoms with E-state index in [1.807, 2.05) is 6.92 Å². The Balaban J connectivity index is 2.08. The number of pyridine rings is 1. The van der Waals surface area contributed by atoms with Crippen molar-refractivity contribution in [3.8, 4) is 0 Å². The van der Waals surface area contributed by atoms with Crippen molar-refractivity contribution in [1.82, 2.24) is 9.88 Å². The molecule has 1 N–H and O–H groups in total. The smallest absolute Gasteiger partial charge is 0.312 e. The third-order valence-corrected chi connectivity index (χ3v) is 3.65. The number of rotatable bonds is 4. The van der Waals surface area contributed by atoms with E-state index in [0.717, 1.165) is 6.42 Å². The number of nitrogens with zero attached hydrogens (tertiary/aromatic N) is 3. The zero-order valence-corrected chi connectivity index (χ0v) is 12.6. The highest BCUT2D eigenvalue weighted by Gasteiger charge is 2.27. The van der Waals surface area contributed by atoms with Crippen LogP contribution in [0.15, 0.2) is 16.7 Å². The highest BCUT2D eigenvalue weighted by molar-refractivity contribution is 9.10. The number of hydrogen-bond acceptors (Lipinski definition) is 5. The Morgan fingerprint density at radius 2 is 2.45 bits per heavy atom. The fourth-order valence-corrected chi connectivity index (χ4v) is 2.52. The lowest BCUT2D eigenvalue weighted by Crippen LogP contribution is -2.31. The van der Waals surface area contributed by atoms with Crippen LogP contribution in [0.25, 0.3) is 0 Å². The Hall–Kier alpha value is -1.70. The molecule has 1 amide bonds. The molecule has 0 aromatic carbocycles. The standard InChI is InChI=1S/C12H15BrN4O3/c1-2-11(18)16-4-3-9(7-16)15-12-10(17(19)20)5-8(13)6-14-12/h5-6,9H,2-4,7H2,1H3,(H,14,15). The van der Waals surface area contributed by atoms with Crippen molar-refractivity contribution in [3.05, 3.63) is 26.9 Å². The van der Waals surface area contributed by atoms with Crippen LogP contribution in [0.2, 0.25) is 0 Å². The van der Waals surface area contributed by atoms with Gasteiger partial charge in [0.15, 0.2) is 0 Å². The van der Waals surface area contributed by atoms with Gasteiger partial charge in [-0.05, 0) is 22.4 Å². The molecule has 1 fully saturated rings. The van der Waals surface area contributed by atoms with Crippen LogP contribution in [0.4, 0.5) is 11.5 Å². The number of anilines is 1. The predicted octanol–water partition coefficient (Wildman–Crippen LogP) is 2.18. The van der Waals surface area contributed by atoms with Crippen molar-refractivity contribution in [1.29, 1.82) is 0 Å². The van der Waals surface area contributed by atoms with E-state index in [4.69, 9.17) is 0 Å². The molecule has 20 heavy (non-hydrogen) atoms. The fraction of sp³-hybridized carbons (Fsp3) is 0.500. The lowest BCUT2D eigenvalue weighted by atomic mass is 10.2. The quantitative estimate of drug-likeness (QED) is 0.669. The zero-order chi connectivity index (χ0) is 14.7. The Bertz CT molecular complexity index is 537. The van der Waals surface area contributed by atoms with Crippen molar-refractivity contribution >= 4 is 33.3 Å². The van der Waals surface area contributed by atoms with E-state index >= 15 is 0 Å². The van der Waals surface area contributed by atoms with Crippen molar-refractivity contribution in [2.24, 2.45) is 0 Å². The summed E-state index contributed by atoms with van der Waals surface area (Å²) in [6.07, 6.45) is 2.75. The number of hydrogen-bond donors (Lipinski definition) is 1. The lowest BCUT2D eigenvalue weighted by molar-refractivity contribution is -0.384. The zero-order valence-electron chi connectivity index (χ0n) is 11.0. The Morgan fingerprint density at radius 1 is 1.70 bits per heavy atom. The molecule has 1 atom stereocenters. The third-order valence-electron chi connectivity index (χ3n) is 3.22. The van der Waals surface area contributed by atoms with Crippen LogP contribution >= 0.6 is 15.9 Å². The topological polar surface area (TPSA) is 88.4 Å². The molecule has 0 spiro atoms. The summed E-state index contributed by atoms with van der Waals surface area (Å²) in [5.41, 5.74) is -0.0698. The van der Waals surface area contributed by atoms with Gasteiger partial charge in [0.05, 0.1) is 4.92 Å². The van der Waals surface area contributed by atoms with Gasteiger partial charge in [0.1, 0.15) is 0 Å². The monoisotopic (exact) mass is 342 g/mol. The number of carbonyl (C=O) groups excluding carboxylic acids is 1. The molecule has 2 heterocycles. The van der Waals surface area contributed by atoms with Crippen LogP contribution in [0.5, 0.6) is 0 Å². The van der Waals surface area contributed by atoms with E-state index in [1.54, 1.807) is 4.90 Å². The van der Waals surface area contributed by atoms with Gasteiger partial charge in [0.2, 0.25) is 11.7 Å². The van der Waals surface area contributed by atoms with Gasteiger partial charge < -0.3 is 10.2 Å². The van der Waals surface area contributed by atoms with Crippen LogP contribution in [0.3, 0.4) is 0 Å². The van der Waals surface area contributed by atoms with E-state index in [1.165, 1.54) is 12.3 Å². The number of nitrogens with one attached hydrogen (secondary N) is 1. The first-order valence-electron chi connectivity index (χ1n) is 6.35. The minimum absolute atomic E-state index is 0.00197. The average molecular weight is 343 g/mol. The summed E-state index contributed by atoms with van der Waals surface area (Å²) < 4.78 is 0.559. The number of likely N-dealkylation sites (tertiary alicyclic amines) is 1. The maximum absolute atomic E-state index is 11.6. The molecule has 7 nitrogen and oxygen atoms in total. The minimum Gasteiger partial charge on any atom is -0.360 e. The number of halogens is 1. The van der Waals surface area contributed by atoms with E-state index in [9.17, 15) is 14.9 Å². The molecule has 1 aromatic rings. The molecule has 1 aliphatic heterocycles. The molecular weight excluding hydrogens is 328 g/mol. The Morgan fingerprint density at radius 3 is 3.10 bits per heavy atom. The van der Waals surface area contributed by atoms with E-state index in [-0.39, 0.29) is 23.5 Å². The highest BCUT2D eigenvalue weighted by atomic mass is 79.9. The summed E-state index contributed by atoms with van der Waals surface area (Å²) in [5.74, 6) is 0.349. The fourth-order valence-electron chi connectivity index (χ4n) is 2.20. The Labute approximate surface area is 124 Å². The molecule has 1 unspecified atom stereocenters. The summed E-state index contributed by atoms with van der Waals surface area (Å²) in [6.45, 7) is 3.06.